The molecule has 0 fully saturated rings. The van der Waals surface area contributed by atoms with Gasteiger partial charge in [0.1, 0.15) is 0 Å². The van der Waals surface area contributed by atoms with E-state index >= 15 is 0 Å². The van der Waals surface area contributed by atoms with Crippen molar-refractivity contribution in [3.63, 3.8) is 0 Å². The van der Waals surface area contributed by atoms with Crippen LogP contribution in [0, 0.1) is 0 Å². The number of nitrogens with one attached hydrogen (secondary N) is 2. The van der Waals surface area contributed by atoms with E-state index < -0.39 is 5.25 Å². The van der Waals surface area contributed by atoms with E-state index in [1.165, 1.54) is 16.3 Å². The monoisotopic (exact) mass is 646 g/mol. The zero-order valence-electron chi connectivity index (χ0n) is 24.8. The number of ether oxygens (including phenoxy) is 6. The fourth-order valence-electron chi connectivity index (χ4n) is 5.26. The number of carbonyl (C=O) groups excluding carboxylic acids is 2. The van der Waals surface area contributed by atoms with Gasteiger partial charge in [0.2, 0.25) is 32.2 Å². The summed E-state index contributed by atoms with van der Waals surface area (Å²) in [6, 6.07) is 14.0. The van der Waals surface area contributed by atoms with Crippen LogP contribution in [0.5, 0.6) is 34.5 Å². The van der Waals surface area contributed by atoms with Crippen LogP contribution in [0.1, 0.15) is 31.7 Å². The van der Waals surface area contributed by atoms with Crippen molar-refractivity contribution >= 4 is 40.2 Å². The first-order valence-corrected chi connectivity index (χ1v) is 15.7. The van der Waals surface area contributed by atoms with Gasteiger partial charge >= 0.3 is 0 Å². The average Bonchev–Trinajstić information content (AvgIpc) is 3.83. The van der Waals surface area contributed by atoms with Crippen LogP contribution < -0.4 is 44.6 Å². The molecule has 13 nitrogen and oxygen atoms in total. The Morgan fingerprint density at radius 2 is 1.52 bits per heavy atom. The van der Waals surface area contributed by atoms with E-state index in [0.29, 0.717) is 75.6 Å². The van der Waals surface area contributed by atoms with E-state index in [4.69, 9.17) is 33.4 Å². The Hall–Kier alpha value is -5.11. The van der Waals surface area contributed by atoms with Crippen molar-refractivity contribution < 1.29 is 38.0 Å². The molecule has 238 valence electrons. The minimum absolute atomic E-state index is 0.0563. The van der Waals surface area contributed by atoms with Gasteiger partial charge in [-0.15, -0.1) is 0 Å². The minimum Gasteiger partial charge on any atom is -0.454 e. The average molecular weight is 647 g/mol. The van der Waals surface area contributed by atoms with Gasteiger partial charge in [-0.3, -0.25) is 19.0 Å². The number of nitrogens with zero attached hydrogens (tertiary/aromatic N) is 2. The number of benzene rings is 3. The van der Waals surface area contributed by atoms with E-state index in [9.17, 15) is 14.4 Å². The molecule has 4 aromatic rings. The molecule has 3 aromatic carbocycles. The predicted octanol–water partition coefficient (Wildman–Crippen LogP) is 4.19. The van der Waals surface area contributed by atoms with Gasteiger partial charge in [0.25, 0.3) is 5.56 Å². The number of hydrogen-bond donors (Lipinski definition) is 2. The van der Waals surface area contributed by atoms with Gasteiger partial charge in [-0.05, 0) is 48.7 Å². The summed E-state index contributed by atoms with van der Waals surface area (Å²) >= 11 is 1.20. The van der Waals surface area contributed by atoms with E-state index in [1.807, 2.05) is 25.1 Å². The van der Waals surface area contributed by atoms with Gasteiger partial charge in [-0.1, -0.05) is 24.8 Å². The first-order chi connectivity index (χ1) is 22.4. The van der Waals surface area contributed by atoms with Gasteiger partial charge < -0.3 is 39.1 Å². The maximum atomic E-state index is 13.8. The third kappa shape index (κ3) is 6.07. The highest BCUT2D eigenvalue weighted by Gasteiger charge is 2.25. The van der Waals surface area contributed by atoms with Gasteiger partial charge in [0.15, 0.2) is 39.7 Å². The van der Waals surface area contributed by atoms with E-state index in [1.54, 1.807) is 30.3 Å². The zero-order valence-corrected chi connectivity index (χ0v) is 25.6. The summed E-state index contributed by atoms with van der Waals surface area (Å²) in [4.78, 5) is 44.7. The Kier molecular flexibility index (Phi) is 8.18. The molecule has 0 radical (unpaired) electrons. The Balaban J connectivity index is 1.07. The normalized spacial score (nSPS) is 14.4. The number of thioether (sulfide) groups is 1. The highest BCUT2D eigenvalue weighted by atomic mass is 32.2. The summed E-state index contributed by atoms with van der Waals surface area (Å²) in [5.74, 6) is 3.06. The number of hydrogen-bond acceptors (Lipinski definition) is 11. The second-order valence-corrected chi connectivity index (χ2v) is 11.9. The standard InChI is InChI=1S/C32H30N4O9S/c1-2-28(30(38)34-19-6-8-23-25(11-19)43-16-41-23)46-32-35-21-13-27-26(44-17-45-27)12-20(21)31(39)36(32)9-3-4-29(37)33-14-18-5-7-22-24(10-18)42-15-40-22/h5-8,10-13,28H,2-4,9,14-17H2,1H3,(H,33,37)(H,34,38)/t28-/m1/s1. The lowest BCUT2D eigenvalue weighted by atomic mass is 10.2. The molecule has 4 heterocycles. The van der Waals surface area contributed by atoms with Crippen LogP contribution in [-0.4, -0.2) is 47.0 Å². The van der Waals surface area contributed by atoms with Crippen LogP contribution in [-0.2, 0) is 22.7 Å². The molecule has 3 aliphatic heterocycles. The second kappa shape index (κ2) is 12.7. The number of amides is 2. The Bertz CT molecular complexity index is 1900. The molecule has 3 aliphatic rings. The Morgan fingerprint density at radius 3 is 2.26 bits per heavy atom. The highest BCUT2D eigenvalue weighted by molar-refractivity contribution is 8.00. The van der Waals surface area contributed by atoms with Crippen molar-refractivity contribution in [2.24, 2.45) is 0 Å². The molecule has 0 unspecified atom stereocenters. The highest BCUT2D eigenvalue weighted by Crippen LogP contribution is 2.37. The molecule has 0 spiro atoms. The Morgan fingerprint density at radius 1 is 0.870 bits per heavy atom. The summed E-state index contributed by atoms with van der Waals surface area (Å²) in [6.07, 6.45) is 1.03. The molecule has 0 saturated heterocycles. The number of fused-ring (bicyclic) bond motifs is 4. The molecule has 1 aromatic heterocycles. The summed E-state index contributed by atoms with van der Waals surface area (Å²) in [5, 5.41) is 6.00. The molecule has 0 saturated carbocycles. The van der Waals surface area contributed by atoms with Crippen LogP contribution in [0.15, 0.2) is 58.5 Å². The summed E-state index contributed by atoms with van der Waals surface area (Å²) in [6.45, 7) is 2.81. The van der Waals surface area contributed by atoms with Crippen LogP contribution in [0.4, 0.5) is 5.69 Å². The lowest BCUT2D eigenvalue weighted by Crippen LogP contribution is -2.29. The molecule has 0 aliphatic carbocycles. The fourth-order valence-corrected chi connectivity index (χ4v) is 6.30. The van der Waals surface area contributed by atoms with Gasteiger partial charge in [0.05, 0.1) is 16.2 Å². The van der Waals surface area contributed by atoms with Crippen molar-refractivity contribution in [2.45, 2.75) is 49.7 Å². The number of carbonyl (C=O) groups is 2. The lowest BCUT2D eigenvalue weighted by molar-refractivity contribution is -0.121. The molecule has 2 amide bonds. The predicted molar refractivity (Wildman–Crippen MR) is 167 cm³/mol. The Labute approximate surface area is 267 Å². The van der Waals surface area contributed by atoms with Crippen molar-refractivity contribution in [1.82, 2.24) is 14.9 Å². The van der Waals surface area contributed by atoms with Crippen molar-refractivity contribution in [3.8, 4) is 34.5 Å². The van der Waals surface area contributed by atoms with E-state index in [2.05, 4.69) is 10.6 Å². The first-order valence-electron chi connectivity index (χ1n) is 14.8. The summed E-state index contributed by atoms with van der Waals surface area (Å²) in [5.41, 5.74) is 1.59. The van der Waals surface area contributed by atoms with E-state index in [-0.39, 0.29) is 50.7 Å². The number of rotatable bonds is 11. The van der Waals surface area contributed by atoms with Crippen LogP contribution >= 0.6 is 11.8 Å². The second-order valence-electron chi connectivity index (χ2n) is 10.7. The first kappa shape index (κ1) is 29.6. The largest absolute Gasteiger partial charge is 0.454 e. The van der Waals surface area contributed by atoms with Crippen LogP contribution in [0.25, 0.3) is 10.9 Å². The molecule has 7 rings (SSSR count). The topological polar surface area (TPSA) is 148 Å². The number of aromatic nitrogens is 2. The molecule has 1 atom stereocenters. The lowest BCUT2D eigenvalue weighted by Gasteiger charge is -2.18. The molecular formula is C32H30N4O9S. The van der Waals surface area contributed by atoms with Crippen molar-refractivity contribution in [2.75, 3.05) is 25.7 Å². The smallest absolute Gasteiger partial charge is 0.262 e. The quantitative estimate of drug-likeness (QED) is 0.179. The SMILES string of the molecule is CC[C@@H](Sc1nc2cc3c(cc2c(=O)n1CCCC(=O)NCc1ccc2c(c1)OCO2)OCO3)C(=O)Nc1ccc2c(c1)OCO2. The molecule has 14 heteroatoms. The molecule has 0 bridgehead atoms. The van der Waals surface area contributed by atoms with Gasteiger partial charge in [0, 0.05) is 37.3 Å². The molecule has 46 heavy (non-hydrogen) atoms. The minimum atomic E-state index is -0.569. The van der Waals surface area contributed by atoms with Crippen molar-refractivity contribution in [1.29, 1.82) is 0 Å². The van der Waals surface area contributed by atoms with Crippen LogP contribution in [0.3, 0.4) is 0 Å². The molecule has 2 N–H and O–H groups in total. The fraction of sp³-hybridized carbons (Fsp3) is 0.312. The molecular weight excluding hydrogens is 616 g/mol. The number of anilines is 1. The van der Waals surface area contributed by atoms with Crippen molar-refractivity contribution in [3.05, 3.63) is 64.4 Å². The third-order valence-electron chi connectivity index (χ3n) is 7.68. The maximum Gasteiger partial charge on any atom is 0.262 e. The van der Waals surface area contributed by atoms with Gasteiger partial charge in [-0.2, -0.15) is 0 Å². The third-order valence-corrected chi connectivity index (χ3v) is 9.03. The van der Waals surface area contributed by atoms with Gasteiger partial charge in [-0.25, -0.2) is 4.98 Å². The maximum absolute atomic E-state index is 13.8. The zero-order chi connectivity index (χ0) is 31.6. The summed E-state index contributed by atoms with van der Waals surface area (Å²) in [7, 11) is 0. The summed E-state index contributed by atoms with van der Waals surface area (Å²) < 4.78 is 34.1. The van der Waals surface area contributed by atoms with Crippen LogP contribution in [0.2, 0.25) is 0 Å². The van der Waals surface area contributed by atoms with E-state index in [0.717, 1.165) is 5.56 Å².